The van der Waals surface area contributed by atoms with Crippen LogP contribution in [-0.4, -0.2) is 57.0 Å². The van der Waals surface area contributed by atoms with E-state index in [9.17, 15) is 14.0 Å². The average molecular weight is 735 g/mol. The normalized spacial score (nSPS) is 19.2. The lowest BCUT2D eigenvalue weighted by molar-refractivity contribution is -0.117. The van der Waals surface area contributed by atoms with Gasteiger partial charge in [-0.2, -0.15) is 0 Å². The van der Waals surface area contributed by atoms with E-state index in [1.807, 2.05) is 49.4 Å². The lowest BCUT2D eigenvalue weighted by atomic mass is 9.93. The third kappa shape index (κ3) is 6.55. The van der Waals surface area contributed by atoms with Crippen LogP contribution in [0.3, 0.4) is 0 Å². The van der Waals surface area contributed by atoms with Crippen molar-refractivity contribution in [1.29, 1.82) is 0 Å². The van der Waals surface area contributed by atoms with Gasteiger partial charge in [0, 0.05) is 51.8 Å². The molecule has 9 rings (SSSR count). The number of nitrogens with one attached hydrogen (secondary N) is 2. The Bertz CT molecular complexity index is 2260. The summed E-state index contributed by atoms with van der Waals surface area (Å²) >= 11 is 5.89. The van der Waals surface area contributed by atoms with Crippen molar-refractivity contribution < 1.29 is 23.5 Å². The summed E-state index contributed by atoms with van der Waals surface area (Å²) in [5.74, 6) is 1.16. The maximum atomic E-state index is 14.3. The molecule has 3 fully saturated rings. The van der Waals surface area contributed by atoms with E-state index in [0.717, 1.165) is 91.2 Å². The van der Waals surface area contributed by atoms with Crippen LogP contribution in [0.25, 0.3) is 11.0 Å². The Morgan fingerprint density at radius 1 is 1.08 bits per heavy atom. The van der Waals surface area contributed by atoms with Crippen LogP contribution in [0.15, 0.2) is 66.7 Å². The molecule has 1 atom stereocenters. The second-order valence-electron chi connectivity index (χ2n) is 14.8. The molecule has 4 aliphatic rings. The van der Waals surface area contributed by atoms with Gasteiger partial charge in [0.2, 0.25) is 11.8 Å². The van der Waals surface area contributed by atoms with Crippen LogP contribution in [0.2, 0.25) is 5.02 Å². The van der Waals surface area contributed by atoms with E-state index in [2.05, 4.69) is 20.1 Å². The number of anilines is 2. The molecule has 272 valence electrons. The van der Waals surface area contributed by atoms with Crippen molar-refractivity contribution in [3.63, 3.8) is 0 Å². The van der Waals surface area contributed by atoms with E-state index in [1.54, 1.807) is 18.2 Å². The monoisotopic (exact) mass is 734 g/mol. The Balaban J connectivity index is 0.877. The summed E-state index contributed by atoms with van der Waals surface area (Å²) in [5.41, 5.74) is 6.76. The number of imidazole rings is 1. The van der Waals surface area contributed by atoms with Gasteiger partial charge in [0.25, 0.3) is 5.91 Å². The summed E-state index contributed by atoms with van der Waals surface area (Å²) in [6.07, 6.45) is 4.71. The van der Waals surface area contributed by atoms with E-state index in [-0.39, 0.29) is 30.4 Å². The fourth-order valence-corrected chi connectivity index (χ4v) is 8.13. The molecule has 3 aliphatic heterocycles. The third-order valence-corrected chi connectivity index (χ3v) is 11.5. The molecular formula is C41H40ClFN6O4. The SMILES string of the molecule is Cc1cc(NC(=O)c2ccc3c(c2)nc(CN2CCC(c4cccc(OCc5ccc(Cl)cc5F)n4)CC2)n3C[C@@H]2CCO2)cc2c1NC(=O)C21CC1. The van der Waals surface area contributed by atoms with E-state index >= 15 is 0 Å². The number of piperidine rings is 1. The van der Waals surface area contributed by atoms with Crippen molar-refractivity contribution in [1.82, 2.24) is 19.4 Å². The largest absolute Gasteiger partial charge is 0.473 e. The Hall–Kier alpha value is -4.84. The standard InChI is InChI=1S/C41H40ClFN6O4/c1-24-17-29(20-31-38(24)47-40(51)41(31)12-13-41)44-39(50)26-6-8-35-34(18-26)45-36(49(35)21-30-11-16-52-30)22-48-14-9-25(10-15-48)33-3-2-4-37(46-33)53-23-27-5-7-28(42)19-32(27)43/h2-8,17-20,25,30H,9-16,21-23H2,1H3,(H,44,50)(H,47,51)/t30-/m0/s1. The molecule has 2 N–H and O–H groups in total. The summed E-state index contributed by atoms with van der Waals surface area (Å²) in [4.78, 5) is 38.5. The van der Waals surface area contributed by atoms with Gasteiger partial charge in [-0.15, -0.1) is 0 Å². The second-order valence-corrected chi connectivity index (χ2v) is 15.2. The topological polar surface area (TPSA) is 111 Å². The number of carbonyl (C=O) groups is 2. The molecule has 0 bridgehead atoms. The number of likely N-dealkylation sites (tertiary alicyclic amines) is 1. The van der Waals surface area contributed by atoms with Gasteiger partial charge in [-0.1, -0.05) is 23.7 Å². The molecule has 1 saturated carbocycles. The molecule has 2 aromatic heterocycles. The molecule has 5 aromatic rings. The number of fused-ring (bicyclic) bond motifs is 3. The van der Waals surface area contributed by atoms with Gasteiger partial charge in [-0.3, -0.25) is 14.5 Å². The number of hydrogen-bond donors (Lipinski definition) is 2. The number of hydrogen-bond acceptors (Lipinski definition) is 7. The predicted octanol–water partition coefficient (Wildman–Crippen LogP) is 7.52. The Labute approximate surface area is 311 Å². The first-order chi connectivity index (χ1) is 25.7. The van der Waals surface area contributed by atoms with Gasteiger partial charge in [0.05, 0.1) is 35.6 Å². The quantitative estimate of drug-likeness (QED) is 0.153. The number of halogens is 2. The highest BCUT2D eigenvalue weighted by molar-refractivity contribution is 6.30. The van der Waals surface area contributed by atoms with Crippen molar-refractivity contribution in [2.24, 2.45) is 0 Å². The van der Waals surface area contributed by atoms with Gasteiger partial charge in [0.1, 0.15) is 18.2 Å². The maximum Gasteiger partial charge on any atom is 0.255 e. The second kappa shape index (κ2) is 13.5. The molecule has 1 spiro atoms. The lowest BCUT2D eigenvalue weighted by Gasteiger charge is -2.32. The average Bonchev–Trinajstić information content (AvgIpc) is 3.81. The number of aryl methyl sites for hydroxylation is 1. The number of aromatic nitrogens is 3. The number of pyridine rings is 1. The molecule has 3 aromatic carbocycles. The number of ether oxygens (including phenoxy) is 2. The van der Waals surface area contributed by atoms with Crippen LogP contribution in [0.1, 0.15) is 76.6 Å². The molecule has 0 unspecified atom stereocenters. The first-order valence-corrected chi connectivity index (χ1v) is 18.7. The highest BCUT2D eigenvalue weighted by Crippen LogP contribution is 2.56. The zero-order chi connectivity index (χ0) is 36.3. The smallest absolute Gasteiger partial charge is 0.255 e. The van der Waals surface area contributed by atoms with Crippen LogP contribution >= 0.6 is 11.6 Å². The Morgan fingerprint density at radius 2 is 1.91 bits per heavy atom. The molecule has 12 heteroatoms. The van der Waals surface area contributed by atoms with E-state index in [4.69, 9.17) is 31.0 Å². The van der Waals surface area contributed by atoms with Crippen LogP contribution in [-0.2, 0) is 34.6 Å². The van der Waals surface area contributed by atoms with Gasteiger partial charge < -0.3 is 24.7 Å². The first kappa shape index (κ1) is 34.0. The number of benzene rings is 3. The zero-order valence-corrected chi connectivity index (χ0v) is 30.2. The molecule has 53 heavy (non-hydrogen) atoms. The van der Waals surface area contributed by atoms with Gasteiger partial charge >= 0.3 is 0 Å². The number of carbonyl (C=O) groups excluding carboxylic acids is 2. The molecule has 0 radical (unpaired) electrons. The number of nitrogens with zero attached hydrogens (tertiary/aromatic N) is 4. The fraction of sp³-hybridized carbons (Fsp3) is 0.366. The number of rotatable bonds is 10. The molecular weight excluding hydrogens is 695 g/mol. The highest BCUT2D eigenvalue weighted by atomic mass is 35.5. The summed E-state index contributed by atoms with van der Waals surface area (Å²) in [6.45, 7) is 5.97. The van der Waals surface area contributed by atoms with Gasteiger partial charge in [0.15, 0.2) is 0 Å². The minimum absolute atomic E-state index is 0.0613. The summed E-state index contributed by atoms with van der Waals surface area (Å²) in [5, 5.41) is 6.47. The first-order valence-electron chi connectivity index (χ1n) is 18.4. The van der Waals surface area contributed by atoms with Crippen LogP contribution < -0.4 is 15.4 Å². The Kier molecular flexibility index (Phi) is 8.67. The fourth-order valence-electron chi connectivity index (χ4n) is 7.98. The van der Waals surface area contributed by atoms with E-state index in [0.29, 0.717) is 40.8 Å². The minimum atomic E-state index is -0.430. The Morgan fingerprint density at radius 3 is 2.66 bits per heavy atom. The van der Waals surface area contributed by atoms with Crippen LogP contribution in [0, 0.1) is 12.7 Å². The summed E-state index contributed by atoms with van der Waals surface area (Å²) < 4.78 is 28.2. The summed E-state index contributed by atoms with van der Waals surface area (Å²) in [6, 6.07) is 19.9. The molecule has 1 aliphatic carbocycles. The van der Waals surface area contributed by atoms with Crippen molar-refractivity contribution in [2.75, 3.05) is 30.3 Å². The molecule has 2 saturated heterocycles. The molecule has 5 heterocycles. The lowest BCUT2D eigenvalue weighted by Crippen LogP contribution is -2.35. The van der Waals surface area contributed by atoms with Crippen molar-refractivity contribution in [3.8, 4) is 5.88 Å². The predicted molar refractivity (Wildman–Crippen MR) is 200 cm³/mol. The van der Waals surface area contributed by atoms with Crippen molar-refractivity contribution in [3.05, 3.63) is 111 Å². The third-order valence-electron chi connectivity index (χ3n) is 11.3. The van der Waals surface area contributed by atoms with E-state index in [1.165, 1.54) is 6.07 Å². The van der Waals surface area contributed by atoms with Crippen LogP contribution in [0.4, 0.5) is 15.8 Å². The highest BCUT2D eigenvalue weighted by Gasteiger charge is 2.56. The van der Waals surface area contributed by atoms with Crippen LogP contribution in [0.5, 0.6) is 5.88 Å². The van der Waals surface area contributed by atoms with Crippen molar-refractivity contribution in [2.45, 2.75) is 76.2 Å². The molecule has 2 amide bonds. The minimum Gasteiger partial charge on any atom is -0.473 e. The van der Waals surface area contributed by atoms with Gasteiger partial charge in [-0.05, 0) is 112 Å². The van der Waals surface area contributed by atoms with Gasteiger partial charge in [-0.25, -0.2) is 14.4 Å². The zero-order valence-electron chi connectivity index (χ0n) is 29.5. The van der Waals surface area contributed by atoms with Crippen molar-refractivity contribution >= 4 is 45.8 Å². The molecule has 10 nitrogen and oxygen atoms in total. The van der Waals surface area contributed by atoms with E-state index < -0.39 is 11.2 Å². The maximum absolute atomic E-state index is 14.3. The number of amides is 2. The summed E-state index contributed by atoms with van der Waals surface area (Å²) in [7, 11) is 0.